The average molecular weight is 280 g/mol. The molecule has 8 heteroatoms. The van der Waals surface area contributed by atoms with E-state index in [4.69, 9.17) is 4.74 Å². The molecule has 0 aliphatic rings. The van der Waals surface area contributed by atoms with E-state index in [0.717, 1.165) is 24.5 Å². The minimum atomic E-state index is -0.770. The zero-order chi connectivity index (χ0) is 14.5. The first kappa shape index (κ1) is 13.7. The summed E-state index contributed by atoms with van der Waals surface area (Å²) >= 11 is 0. The molecule has 6 nitrogen and oxygen atoms in total. The van der Waals surface area contributed by atoms with Crippen LogP contribution in [-0.2, 0) is 0 Å². The number of halogens is 2. The molecule has 20 heavy (non-hydrogen) atoms. The molecule has 0 spiro atoms. The van der Waals surface area contributed by atoms with Crippen LogP contribution in [0.25, 0.3) is 0 Å². The van der Waals surface area contributed by atoms with Gasteiger partial charge in [-0.25, -0.2) is 14.2 Å². The Kier molecular flexibility index (Phi) is 4.04. The van der Waals surface area contributed by atoms with Crippen LogP contribution in [0.4, 0.5) is 25.0 Å². The quantitative estimate of drug-likeness (QED) is 0.846. The molecule has 0 atom stereocenters. The lowest BCUT2D eigenvalue weighted by Gasteiger charge is -2.10. The van der Waals surface area contributed by atoms with Crippen LogP contribution in [-0.4, -0.2) is 23.1 Å². The van der Waals surface area contributed by atoms with Gasteiger partial charge in [-0.3, -0.25) is 4.98 Å². The van der Waals surface area contributed by atoms with Gasteiger partial charge in [-0.15, -0.1) is 0 Å². The Labute approximate surface area is 112 Å². The predicted octanol–water partition coefficient (Wildman–Crippen LogP) is 2.41. The zero-order valence-electron chi connectivity index (χ0n) is 10.4. The molecule has 0 bridgehead atoms. The lowest BCUT2D eigenvalue weighted by atomic mass is 10.3. The third-order valence-electron chi connectivity index (χ3n) is 2.26. The number of urea groups is 1. The first-order valence-corrected chi connectivity index (χ1v) is 5.46. The molecular weight excluding hydrogens is 270 g/mol. The highest BCUT2D eigenvalue weighted by molar-refractivity contribution is 6.00. The van der Waals surface area contributed by atoms with Crippen molar-refractivity contribution in [2.75, 3.05) is 17.7 Å². The fraction of sp³-hybridized carbons (Fsp3) is 0.0833. The van der Waals surface area contributed by atoms with E-state index in [2.05, 4.69) is 20.6 Å². The molecule has 0 aliphatic heterocycles. The van der Waals surface area contributed by atoms with Crippen LogP contribution in [0.3, 0.4) is 0 Å². The largest absolute Gasteiger partial charge is 0.493 e. The summed E-state index contributed by atoms with van der Waals surface area (Å²) in [5.74, 6) is -1.16. The Morgan fingerprint density at radius 2 is 2.00 bits per heavy atom. The Morgan fingerprint density at radius 3 is 2.70 bits per heavy atom. The summed E-state index contributed by atoms with van der Waals surface area (Å²) < 4.78 is 30.8. The molecule has 2 amide bonds. The Morgan fingerprint density at radius 1 is 1.20 bits per heavy atom. The molecule has 2 heterocycles. The van der Waals surface area contributed by atoms with Crippen molar-refractivity contribution in [1.29, 1.82) is 0 Å². The minimum absolute atomic E-state index is 0.0989. The second kappa shape index (κ2) is 5.91. The zero-order valence-corrected chi connectivity index (χ0v) is 10.4. The molecular formula is C12H10F2N4O2. The number of amides is 2. The molecule has 0 saturated heterocycles. The maximum Gasteiger partial charge on any atom is 0.323 e. The maximum absolute atomic E-state index is 13.0. The topological polar surface area (TPSA) is 76.1 Å². The van der Waals surface area contributed by atoms with Crippen LogP contribution in [0, 0.1) is 11.8 Å². The number of carbonyl (C=O) groups excluding carboxylic acids is 1. The van der Waals surface area contributed by atoms with Crippen LogP contribution >= 0.6 is 0 Å². The van der Waals surface area contributed by atoms with E-state index in [1.54, 1.807) is 0 Å². The van der Waals surface area contributed by atoms with Crippen molar-refractivity contribution in [3.8, 4) is 5.75 Å². The number of ether oxygens (including phenoxy) is 1. The van der Waals surface area contributed by atoms with Crippen LogP contribution in [0.5, 0.6) is 5.75 Å². The van der Waals surface area contributed by atoms with Gasteiger partial charge in [0.2, 0.25) is 5.95 Å². The van der Waals surface area contributed by atoms with Crippen molar-refractivity contribution in [2.45, 2.75) is 0 Å². The summed E-state index contributed by atoms with van der Waals surface area (Å²) in [4.78, 5) is 18.7. The number of anilines is 2. The van der Waals surface area contributed by atoms with Gasteiger partial charge in [0.15, 0.2) is 5.75 Å². The Bertz CT molecular complexity index is 637. The standard InChI is InChI=1S/C12H10F2N4O2/c1-20-10-6-16-11(14)3-9(10)18-12(19)17-8-2-7(13)4-15-5-8/h2-6H,1H3,(H2,16,17,18,19). The molecule has 2 aromatic heterocycles. The van der Waals surface area contributed by atoms with Gasteiger partial charge in [-0.1, -0.05) is 0 Å². The average Bonchev–Trinajstić information content (AvgIpc) is 2.38. The molecule has 2 N–H and O–H groups in total. The number of nitrogens with one attached hydrogen (secondary N) is 2. The lowest BCUT2D eigenvalue weighted by Crippen LogP contribution is -2.20. The van der Waals surface area contributed by atoms with Crippen molar-refractivity contribution >= 4 is 17.4 Å². The highest BCUT2D eigenvalue weighted by atomic mass is 19.1. The van der Waals surface area contributed by atoms with Crippen molar-refractivity contribution in [1.82, 2.24) is 9.97 Å². The fourth-order valence-corrected chi connectivity index (χ4v) is 1.44. The molecule has 0 aliphatic carbocycles. The number of pyridine rings is 2. The van der Waals surface area contributed by atoms with Crippen molar-refractivity contribution in [3.63, 3.8) is 0 Å². The fourth-order valence-electron chi connectivity index (χ4n) is 1.44. The van der Waals surface area contributed by atoms with E-state index >= 15 is 0 Å². The molecule has 104 valence electrons. The summed E-state index contributed by atoms with van der Waals surface area (Å²) in [5, 5.41) is 4.72. The minimum Gasteiger partial charge on any atom is -0.493 e. The Hall–Kier alpha value is -2.77. The summed E-state index contributed by atoms with van der Waals surface area (Å²) in [7, 11) is 1.36. The monoisotopic (exact) mass is 280 g/mol. The van der Waals surface area contributed by atoms with Gasteiger partial charge >= 0.3 is 6.03 Å². The second-order valence-corrected chi connectivity index (χ2v) is 3.68. The van der Waals surface area contributed by atoms with Gasteiger partial charge in [0.25, 0.3) is 0 Å². The van der Waals surface area contributed by atoms with Crippen molar-refractivity contribution in [2.24, 2.45) is 0 Å². The number of carbonyl (C=O) groups is 1. The van der Waals surface area contributed by atoms with Crippen LogP contribution < -0.4 is 15.4 Å². The highest BCUT2D eigenvalue weighted by Crippen LogP contribution is 2.23. The van der Waals surface area contributed by atoms with E-state index in [1.807, 2.05) is 0 Å². The predicted molar refractivity (Wildman–Crippen MR) is 67.6 cm³/mol. The summed E-state index contributed by atoms with van der Waals surface area (Å²) in [5.41, 5.74) is 0.262. The van der Waals surface area contributed by atoms with Gasteiger partial charge in [0.05, 0.1) is 37.1 Å². The highest BCUT2D eigenvalue weighted by Gasteiger charge is 2.10. The first-order chi connectivity index (χ1) is 9.58. The third kappa shape index (κ3) is 3.37. The van der Waals surface area contributed by atoms with E-state index < -0.39 is 17.8 Å². The van der Waals surface area contributed by atoms with Gasteiger partial charge < -0.3 is 15.4 Å². The second-order valence-electron chi connectivity index (χ2n) is 3.68. The van der Waals surface area contributed by atoms with E-state index in [1.165, 1.54) is 13.3 Å². The molecule has 2 aromatic rings. The van der Waals surface area contributed by atoms with Gasteiger partial charge in [0.1, 0.15) is 5.82 Å². The number of nitrogens with zero attached hydrogens (tertiary/aromatic N) is 2. The van der Waals surface area contributed by atoms with Gasteiger partial charge in [-0.2, -0.15) is 4.39 Å². The number of hydrogen-bond acceptors (Lipinski definition) is 4. The smallest absolute Gasteiger partial charge is 0.323 e. The van der Waals surface area contributed by atoms with E-state index in [-0.39, 0.29) is 17.1 Å². The number of aromatic nitrogens is 2. The summed E-state index contributed by atoms with van der Waals surface area (Å²) in [6, 6.07) is 1.40. The number of rotatable bonds is 3. The SMILES string of the molecule is COc1cnc(F)cc1NC(=O)Nc1cncc(F)c1. The van der Waals surface area contributed by atoms with Crippen molar-refractivity contribution < 1.29 is 18.3 Å². The molecule has 0 saturated carbocycles. The lowest BCUT2D eigenvalue weighted by molar-refractivity contribution is 0.262. The Balaban J connectivity index is 2.10. The summed E-state index contributed by atoms with van der Waals surface area (Å²) in [6.07, 6.45) is 3.41. The van der Waals surface area contributed by atoms with E-state index in [9.17, 15) is 13.6 Å². The molecule has 0 aromatic carbocycles. The molecule has 2 rings (SSSR count). The van der Waals surface area contributed by atoms with E-state index in [0.29, 0.717) is 0 Å². The van der Waals surface area contributed by atoms with Crippen LogP contribution in [0.1, 0.15) is 0 Å². The molecule has 0 radical (unpaired) electrons. The van der Waals surface area contributed by atoms with Gasteiger partial charge in [0, 0.05) is 12.1 Å². The first-order valence-electron chi connectivity index (χ1n) is 5.46. The molecule has 0 unspecified atom stereocenters. The van der Waals surface area contributed by atoms with Crippen LogP contribution in [0.2, 0.25) is 0 Å². The molecule has 0 fully saturated rings. The number of hydrogen-bond donors (Lipinski definition) is 2. The third-order valence-corrected chi connectivity index (χ3v) is 2.26. The normalized spacial score (nSPS) is 9.95. The van der Waals surface area contributed by atoms with Crippen LogP contribution in [0.15, 0.2) is 30.7 Å². The maximum atomic E-state index is 13.0. The summed E-state index contributed by atoms with van der Waals surface area (Å²) in [6.45, 7) is 0. The number of methoxy groups -OCH3 is 1. The van der Waals surface area contributed by atoms with Gasteiger partial charge in [-0.05, 0) is 0 Å². The van der Waals surface area contributed by atoms with Crippen molar-refractivity contribution in [3.05, 3.63) is 42.5 Å².